The van der Waals surface area contributed by atoms with Crippen LogP contribution in [-0.4, -0.2) is 18.5 Å². The van der Waals surface area contributed by atoms with Gasteiger partial charge in [0.05, 0.1) is 5.56 Å². The van der Waals surface area contributed by atoms with Crippen molar-refractivity contribution in [1.82, 2.24) is 0 Å². The minimum Gasteiger partial charge on any atom is -0.452 e. The van der Waals surface area contributed by atoms with Gasteiger partial charge in [0, 0.05) is 15.7 Å². The van der Waals surface area contributed by atoms with Crippen LogP contribution in [-0.2, 0) is 9.53 Å². The Bertz CT molecular complexity index is 936. The lowest BCUT2D eigenvalue weighted by atomic mass is 10.1. The highest BCUT2D eigenvalue weighted by Crippen LogP contribution is 2.20. The molecular weight excluding hydrogens is 361 g/mol. The monoisotopic (exact) mass is 373 g/mol. The van der Waals surface area contributed by atoms with Crippen LogP contribution in [0.2, 0.25) is 10.0 Å². The number of anilines is 1. The van der Waals surface area contributed by atoms with Crippen LogP contribution in [0, 0.1) is 0 Å². The Morgan fingerprint density at radius 1 is 0.880 bits per heavy atom. The van der Waals surface area contributed by atoms with E-state index in [0.717, 1.165) is 10.8 Å². The lowest BCUT2D eigenvalue weighted by Crippen LogP contribution is -2.20. The van der Waals surface area contributed by atoms with E-state index in [0.29, 0.717) is 15.7 Å². The molecule has 0 saturated carbocycles. The van der Waals surface area contributed by atoms with Crippen LogP contribution in [0.1, 0.15) is 10.4 Å². The lowest BCUT2D eigenvalue weighted by Gasteiger charge is -2.08. The smallest absolute Gasteiger partial charge is 0.338 e. The first-order valence-corrected chi connectivity index (χ1v) is 8.19. The summed E-state index contributed by atoms with van der Waals surface area (Å²) in [6.45, 7) is -0.407. The van der Waals surface area contributed by atoms with E-state index in [4.69, 9.17) is 27.9 Å². The van der Waals surface area contributed by atoms with Crippen molar-refractivity contribution >= 4 is 51.5 Å². The van der Waals surface area contributed by atoms with E-state index < -0.39 is 18.5 Å². The molecule has 0 aromatic heterocycles. The molecule has 3 aromatic rings. The van der Waals surface area contributed by atoms with Gasteiger partial charge < -0.3 is 10.1 Å². The summed E-state index contributed by atoms with van der Waals surface area (Å²) in [5, 5.41) is 5.41. The maximum Gasteiger partial charge on any atom is 0.338 e. The summed E-state index contributed by atoms with van der Waals surface area (Å²) in [5.74, 6) is -1.10. The van der Waals surface area contributed by atoms with Gasteiger partial charge in [-0.25, -0.2) is 4.79 Å². The third-order valence-electron chi connectivity index (χ3n) is 3.47. The summed E-state index contributed by atoms with van der Waals surface area (Å²) in [4.78, 5) is 23.9. The molecule has 126 valence electrons. The number of esters is 1. The number of halogens is 2. The first-order chi connectivity index (χ1) is 12.0. The first-order valence-electron chi connectivity index (χ1n) is 7.43. The van der Waals surface area contributed by atoms with Crippen LogP contribution < -0.4 is 5.32 Å². The van der Waals surface area contributed by atoms with Crippen LogP contribution in [0.25, 0.3) is 10.8 Å². The second-order valence-corrected chi connectivity index (χ2v) is 6.22. The molecule has 25 heavy (non-hydrogen) atoms. The van der Waals surface area contributed by atoms with Crippen LogP contribution in [0.5, 0.6) is 0 Å². The number of carbonyl (C=O) groups is 2. The van der Waals surface area contributed by atoms with Crippen molar-refractivity contribution in [3.63, 3.8) is 0 Å². The van der Waals surface area contributed by atoms with Crippen molar-refractivity contribution in [1.29, 1.82) is 0 Å². The number of fused-ring (bicyclic) bond motifs is 1. The number of benzene rings is 3. The third kappa shape index (κ3) is 4.50. The molecule has 0 bridgehead atoms. The predicted octanol–water partition coefficient (Wildman–Crippen LogP) is 4.94. The summed E-state index contributed by atoms with van der Waals surface area (Å²) in [6.07, 6.45) is 0. The van der Waals surface area contributed by atoms with E-state index in [1.54, 1.807) is 6.07 Å². The SMILES string of the molecule is O=C(COC(=O)c1cc(Cl)cc(Cl)c1)Nc1ccc2ccccc2c1. The molecule has 0 heterocycles. The molecule has 0 atom stereocenters. The highest BCUT2D eigenvalue weighted by atomic mass is 35.5. The van der Waals surface area contributed by atoms with Crippen molar-refractivity contribution in [3.8, 4) is 0 Å². The van der Waals surface area contributed by atoms with Gasteiger partial charge in [-0.1, -0.05) is 53.5 Å². The van der Waals surface area contributed by atoms with E-state index in [-0.39, 0.29) is 5.56 Å². The van der Waals surface area contributed by atoms with Crippen molar-refractivity contribution in [2.24, 2.45) is 0 Å². The Morgan fingerprint density at radius 2 is 1.56 bits per heavy atom. The molecule has 0 aliphatic heterocycles. The minimum atomic E-state index is -0.668. The second-order valence-electron chi connectivity index (χ2n) is 5.34. The van der Waals surface area contributed by atoms with Gasteiger partial charge in [0.1, 0.15) is 0 Å². The number of amides is 1. The molecule has 3 rings (SSSR count). The third-order valence-corrected chi connectivity index (χ3v) is 3.90. The number of ether oxygens (including phenoxy) is 1. The number of hydrogen-bond donors (Lipinski definition) is 1. The van der Waals surface area contributed by atoms with Gasteiger partial charge >= 0.3 is 5.97 Å². The molecule has 6 heteroatoms. The molecule has 0 aliphatic carbocycles. The fourth-order valence-electron chi connectivity index (χ4n) is 2.35. The maximum atomic E-state index is 12.0. The summed E-state index contributed by atoms with van der Waals surface area (Å²) < 4.78 is 4.99. The minimum absolute atomic E-state index is 0.191. The lowest BCUT2D eigenvalue weighted by molar-refractivity contribution is -0.119. The van der Waals surface area contributed by atoms with Gasteiger partial charge in [0.25, 0.3) is 5.91 Å². The van der Waals surface area contributed by atoms with Crippen molar-refractivity contribution < 1.29 is 14.3 Å². The summed E-state index contributed by atoms with van der Waals surface area (Å²) >= 11 is 11.7. The van der Waals surface area contributed by atoms with Gasteiger partial charge in [-0.3, -0.25) is 4.79 Å². The fourth-order valence-corrected chi connectivity index (χ4v) is 2.88. The zero-order chi connectivity index (χ0) is 17.8. The summed E-state index contributed by atoms with van der Waals surface area (Å²) in [5.41, 5.74) is 0.821. The van der Waals surface area contributed by atoms with Crippen LogP contribution in [0.4, 0.5) is 5.69 Å². The summed E-state index contributed by atoms with van der Waals surface area (Å²) in [6, 6.07) is 17.7. The molecule has 0 aliphatic rings. The second kappa shape index (κ2) is 7.55. The molecule has 0 fully saturated rings. The number of carbonyl (C=O) groups excluding carboxylic acids is 2. The van der Waals surface area contributed by atoms with Crippen molar-refractivity contribution in [3.05, 3.63) is 76.3 Å². The molecule has 1 N–H and O–H groups in total. The average molecular weight is 374 g/mol. The van der Waals surface area contributed by atoms with Gasteiger partial charge in [0.2, 0.25) is 0 Å². The van der Waals surface area contributed by atoms with E-state index in [1.165, 1.54) is 18.2 Å². The maximum absolute atomic E-state index is 12.0. The molecule has 3 aromatic carbocycles. The van der Waals surface area contributed by atoms with Gasteiger partial charge in [0.15, 0.2) is 6.61 Å². The molecule has 0 unspecified atom stereocenters. The van der Waals surface area contributed by atoms with E-state index in [9.17, 15) is 9.59 Å². The normalized spacial score (nSPS) is 10.5. The number of hydrogen-bond acceptors (Lipinski definition) is 3. The first kappa shape index (κ1) is 17.3. The standard InChI is InChI=1S/C19H13Cl2NO3/c20-15-7-14(8-16(21)10-15)19(24)25-11-18(23)22-17-6-5-12-3-1-2-4-13(12)9-17/h1-10H,11H2,(H,22,23). The van der Waals surface area contributed by atoms with Gasteiger partial charge in [-0.2, -0.15) is 0 Å². The largest absolute Gasteiger partial charge is 0.452 e. The Labute approximate surface area is 154 Å². The molecular formula is C19H13Cl2NO3. The Balaban J connectivity index is 1.61. The van der Waals surface area contributed by atoms with E-state index >= 15 is 0 Å². The Hall–Kier alpha value is -2.56. The van der Waals surface area contributed by atoms with Crippen molar-refractivity contribution in [2.45, 2.75) is 0 Å². The van der Waals surface area contributed by atoms with Gasteiger partial charge in [-0.05, 0) is 41.1 Å². The molecule has 0 spiro atoms. The average Bonchev–Trinajstić information content (AvgIpc) is 2.58. The molecule has 4 nitrogen and oxygen atoms in total. The highest BCUT2D eigenvalue weighted by molar-refractivity contribution is 6.35. The zero-order valence-electron chi connectivity index (χ0n) is 13.0. The van der Waals surface area contributed by atoms with Crippen LogP contribution in [0.3, 0.4) is 0 Å². The van der Waals surface area contributed by atoms with Crippen molar-refractivity contribution in [2.75, 3.05) is 11.9 Å². The number of nitrogens with one attached hydrogen (secondary N) is 1. The Morgan fingerprint density at radius 3 is 2.28 bits per heavy atom. The molecule has 1 amide bonds. The number of rotatable bonds is 4. The predicted molar refractivity (Wildman–Crippen MR) is 99.3 cm³/mol. The Kier molecular flexibility index (Phi) is 5.22. The fraction of sp³-hybridized carbons (Fsp3) is 0.0526. The quantitative estimate of drug-likeness (QED) is 0.658. The highest BCUT2D eigenvalue weighted by Gasteiger charge is 2.12. The topological polar surface area (TPSA) is 55.4 Å². The van der Waals surface area contributed by atoms with Crippen LogP contribution >= 0.6 is 23.2 Å². The van der Waals surface area contributed by atoms with E-state index in [1.807, 2.05) is 36.4 Å². The van der Waals surface area contributed by atoms with Gasteiger partial charge in [-0.15, -0.1) is 0 Å². The van der Waals surface area contributed by atoms with E-state index in [2.05, 4.69) is 5.32 Å². The molecule has 0 saturated heterocycles. The summed E-state index contributed by atoms with van der Waals surface area (Å²) in [7, 11) is 0. The molecule has 0 radical (unpaired) electrons. The zero-order valence-corrected chi connectivity index (χ0v) is 14.5. The van der Waals surface area contributed by atoms with Crippen LogP contribution in [0.15, 0.2) is 60.7 Å².